The van der Waals surface area contributed by atoms with E-state index in [1.54, 1.807) is 23.9 Å². The summed E-state index contributed by atoms with van der Waals surface area (Å²) in [5, 5.41) is 0. The van der Waals surface area contributed by atoms with Crippen LogP contribution in [0.15, 0.2) is 0 Å². The molecular weight excluding hydrogens is 260 g/mol. The van der Waals surface area contributed by atoms with Crippen molar-refractivity contribution in [1.29, 1.82) is 0 Å². The third-order valence-corrected chi connectivity index (χ3v) is 3.41. The van der Waals surface area contributed by atoms with Gasteiger partial charge in [0.1, 0.15) is 0 Å². The number of amides is 2. The highest BCUT2D eigenvalue weighted by molar-refractivity contribution is 9.10. The maximum absolute atomic E-state index is 11.7. The van der Waals surface area contributed by atoms with Crippen molar-refractivity contribution in [3.8, 4) is 0 Å². The van der Waals surface area contributed by atoms with Gasteiger partial charge in [-0.15, -0.1) is 0 Å². The molecule has 1 atom stereocenters. The van der Waals surface area contributed by atoms with Crippen LogP contribution in [0.4, 0.5) is 0 Å². The highest BCUT2D eigenvalue weighted by Gasteiger charge is 2.26. The SMILES string of the molecule is CN(C)C(=O)CCN1CCCC(Br)C1=O. The zero-order valence-electron chi connectivity index (χ0n) is 9.20. The van der Waals surface area contributed by atoms with Crippen LogP contribution in [0.5, 0.6) is 0 Å². The third-order valence-electron chi connectivity index (χ3n) is 2.56. The molecule has 4 nitrogen and oxygen atoms in total. The second kappa shape index (κ2) is 5.49. The minimum Gasteiger partial charge on any atom is -0.349 e. The van der Waals surface area contributed by atoms with Gasteiger partial charge in [-0.3, -0.25) is 9.59 Å². The van der Waals surface area contributed by atoms with Crippen molar-refractivity contribution < 1.29 is 9.59 Å². The van der Waals surface area contributed by atoms with Gasteiger partial charge in [0.15, 0.2) is 0 Å². The summed E-state index contributed by atoms with van der Waals surface area (Å²) >= 11 is 3.34. The minimum atomic E-state index is -0.0549. The van der Waals surface area contributed by atoms with Crippen LogP contribution in [0.2, 0.25) is 0 Å². The molecule has 0 aromatic rings. The van der Waals surface area contributed by atoms with E-state index in [4.69, 9.17) is 0 Å². The predicted octanol–water partition coefficient (Wildman–Crippen LogP) is 0.851. The Labute approximate surface area is 98.7 Å². The van der Waals surface area contributed by atoms with Crippen molar-refractivity contribution >= 4 is 27.7 Å². The smallest absolute Gasteiger partial charge is 0.236 e. The average Bonchev–Trinajstić information content (AvgIpc) is 2.19. The summed E-state index contributed by atoms with van der Waals surface area (Å²) in [6, 6.07) is 0. The summed E-state index contributed by atoms with van der Waals surface area (Å²) in [7, 11) is 3.46. The molecule has 1 aliphatic heterocycles. The third kappa shape index (κ3) is 3.48. The first-order chi connectivity index (χ1) is 7.02. The van der Waals surface area contributed by atoms with Gasteiger partial charge < -0.3 is 9.80 Å². The van der Waals surface area contributed by atoms with Crippen molar-refractivity contribution in [2.75, 3.05) is 27.2 Å². The van der Waals surface area contributed by atoms with E-state index in [9.17, 15) is 9.59 Å². The molecule has 5 heteroatoms. The van der Waals surface area contributed by atoms with Crippen LogP contribution in [0.3, 0.4) is 0 Å². The zero-order chi connectivity index (χ0) is 11.4. The fraction of sp³-hybridized carbons (Fsp3) is 0.800. The van der Waals surface area contributed by atoms with Gasteiger partial charge in [0, 0.05) is 33.6 Å². The number of alkyl halides is 1. The molecule has 0 aliphatic carbocycles. The average molecular weight is 277 g/mol. The first-order valence-corrected chi connectivity index (χ1v) is 6.07. The Morgan fingerprint density at radius 3 is 2.87 bits per heavy atom. The van der Waals surface area contributed by atoms with E-state index in [1.807, 2.05) is 0 Å². The van der Waals surface area contributed by atoms with Crippen molar-refractivity contribution in [3.05, 3.63) is 0 Å². The molecule has 0 aromatic carbocycles. The van der Waals surface area contributed by atoms with Gasteiger partial charge in [0.2, 0.25) is 11.8 Å². The molecule has 0 spiro atoms. The maximum Gasteiger partial charge on any atom is 0.236 e. The predicted molar refractivity (Wildman–Crippen MR) is 61.8 cm³/mol. The first kappa shape index (κ1) is 12.5. The molecule has 1 saturated heterocycles. The summed E-state index contributed by atoms with van der Waals surface area (Å²) in [5.41, 5.74) is 0. The Bertz CT molecular complexity index is 256. The Morgan fingerprint density at radius 2 is 2.27 bits per heavy atom. The van der Waals surface area contributed by atoms with Crippen LogP contribution in [0, 0.1) is 0 Å². The summed E-state index contributed by atoms with van der Waals surface area (Å²) in [4.78, 5) is 26.3. The lowest BCUT2D eigenvalue weighted by molar-refractivity contribution is -0.134. The number of rotatable bonds is 3. The Balaban J connectivity index is 2.38. The molecule has 1 unspecified atom stereocenters. The van der Waals surface area contributed by atoms with Crippen LogP contribution < -0.4 is 0 Å². The van der Waals surface area contributed by atoms with Gasteiger partial charge in [0.05, 0.1) is 4.83 Å². The molecule has 1 aliphatic rings. The molecule has 1 fully saturated rings. The molecule has 86 valence electrons. The van der Waals surface area contributed by atoms with E-state index in [1.165, 1.54) is 0 Å². The number of carbonyl (C=O) groups is 2. The van der Waals surface area contributed by atoms with Gasteiger partial charge in [-0.05, 0) is 12.8 Å². The van der Waals surface area contributed by atoms with E-state index in [-0.39, 0.29) is 16.6 Å². The molecule has 0 radical (unpaired) electrons. The van der Waals surface area contributed by atoms with Crippen LogP contribution >= 0.6 is 15.9 Å². The van der Waals surface area contributed by atoms with Crippen LogP contribution in [0.25, 0.3) is 0 Å². The van der Waals surface area contributed by atoms with Gasteiger partial charge in [-0.1, -0.05) is 15.9 Å². The van der Waals surface area contributed by atoms with Crippen LogP contribution in [-0.4, -0.2) is 53.6 Å². The number of nitrogens with zero attached hydrogens (tertiary/aromatic N) is 2. The Hall–Kier alpha value is -0.580. The fourth-order valence-electron chi connectivity index (χ4n) is 1.57. The molecule has 2 amide bonds. The van der Waals surface area contributed by atoms with E-state index in [2.05, 4.69) is 15.9 Å². The minimum absolute atomic E-state index is 0.0549. The zero-order valence-corrected chi connectivity index (χ0v) is 10.8. The second-order valence-corrected chi connectivity index (χ2v) is 5.08. The van der Waals surface area contributed by atoms with E-state index in [0.29, 0.717) is 13.0 Å². The summed E-state index contributed by atoms with van der Waals surface area (Å²) in [6.45, 7) is 1.32. The van der Waals surface area contributed by atoms with Gasteiger partial charge in [-0.25, -0.2) is 0 Å². The molecule has 1 heterocycles. The molecule has 1 rings (SSSR count). The van der Waals surface area contributed by atoms with Gasteiger partial charge in [-0.2, -0.15) is 0 Å². The van der Waals surface area contributed by atoms with Crippen LogP contribution in [-0.2, 0) is 9.59 Å². The number of carbonyl (C=O) groups excluding carboxylic acids is 2. The van der Waals surface area contributed by atoms with Crippen LogP contribution in [0.1, 0.15) is 19.3 Å². The highest BCUT2D eigenvalue weighted by atomic mass is 79.9. The molecule has 0 bridgehead atoms. The highest BCUT2D eigenvalue weighted by Crippen LogP contribution is 2.18. The van der Waals surface area contributed by atoms with Crippen molar-refractivity contribution in [3.63, 3.8) is 0 Å². The molecular formula is C10H17BrN2O2. The normalized spacial score (nSPS) is 21.7. The van der Waals surface area contributed by atoms with E-state index in [0.717, 1.165) is 19.4 Å². The Kier molecular flexibility index (Phi) is 4.57. The van der Waals surface area contributed by atoms with Gasteiger partial charge >= 0.3 is 0 Å². The fourth-order valence-corrected chi connectivity index (χ4v) is 2.18. The van der Waals surface area contributed by atoms with E-state index < -0.39 is 0 Å². The lowest BCUT2D eigenvalue weighted by atomic mass is 10.1. The molecule has 0 aromatic heterocycles. The van der Waals surface area contributed by atoms with Crippen molar-refractivity contribution in [1.82, 2.24) is 9.80 Å². The summed E-state index contributed by atoms with van der Waals surface area (Å²) in [6.07, 6.45) is 2.33. The molecule has 15 heavy (non-hydrogen) atoms. The Morgan fingerprint density at radius 1 is 1.60 bits per heavy atom. The topological polar surface area (TPSA) is 40.6 Å². The lowest BCUT2D eigenvalue weighted by Gasteiger charge is -2.29. The number of piperidine rings is 1. The number of hydrogen-bond donors (Lipinski definition) is 0. The number of hydrogen-bond acceptors (Lipinski definition) is 2. The summed E-state index contributed by atoms with van der Waals surface area (Å²) < 4.78 is 0. The van der Waals surface area contributed by atoms with E-state index >= 15 is 0 Å². The number of halogens is 1. The first-order valence-electron chi connectivity index (χ1n) is 5.15. The molecule has 0 N–H and O–H groups in total. The van der Waals surface area contributed by atoms with Crippen molar-refractivity contribution in [2.24, 2.45) is 0 Å². The number of likely N-dealkylation sites (tertiary alicyclic amines) is 1. The maximum atomic E-state index is 11.7. The summed E-state index contributed by atoms with van der Waals surface area (Å²) in [5.74, 6) is 0.187. The quantitative estimate of drug-likeness (QED) is 0.718. The van der Waals surface area contributed by atoms with Crippen molar-refractivity contribution in [2.45, 2.75) is 24.1 Å². The second-order valence-electron chi connectivity index (χ2n) is 3.97. The lowest BCUT2D eigenvalue weighted by Crippen LogP contribution is -2.43. The monoisotopic (exact) mass is 276 g/mol. The van der Waals surface area contributed by atoms with Gasteiger partial charge in [0.25, 0.3) is 0 Å². The standard InChI is InChI=1S/C10H17BrN2O2/c1-12(2)9(14)5-7-13-6-3-4-8(11)10(13)15/h8H,3-7H2,1-2H3. The largest absolute Gasteiger partial charge is 0.349 e. The molecule has 0 saturated carbocycles.